The number of likely N-dealkylation sites (tertiary alicyclic amines) is 1. The van der Waals surface area contributed by atoms with E-state index in [-0.39, 0.29) is 5.41 Å². The number of hydrogen-bond acceptors (Lipinski definition) is 3. The Bertz CT molecular complexity index is 745. The number of benzene rings is 2. The summed E-state index contributed by atoms with van der Waals surface area (Å²) in [6.45, 7) is 8.94. The van der Waals surface area contributed by atoms with E-state index in [4.69, 9.17) is 0 Å². The second kappa shape index (κ2) is 8.45. The summed E-state index contributed by atoms with van der Waals surface area (Å²) in [6, 6.07) is 17.3. The maximum atomic E-state index is 10.1. The average Bonchev–Trinajstić information content (AvgIpc) is 2.67. The normalized spacial score (nSPS) is 26.2. The summed E-state index contributed by atoms with van der Waals surface area (Å²) in [5.41, 5.74) is 3.97. The molecule has 0 spiro atoms. The molecule has 0 radical (unpaired) electrons. The molecule has 1 aliphatic heterocycles. The van der Waals surface area contributed by atoms with Crippen molar-refractivity contribution >= 4 is 0 Å². The van der Waals surface area contributed by atoms with E-state index in [1.807, 2.05) is 12.1 Å². The van der Waals surface area contributed by atoms with Gasteiger partial charge in [0.25, 0.3) is 0 Å². The lowest BCUT2D eigenvalue weighted by atomic mass is 9.67. The van der Waals surface area contributed by atoms with Crippen molar-refractivity contribution in [2.75, 3.05) is 20.1 Å². The Morgan fingerprint density at radius 2 is 1.93 bits per heavy atom. The molecule has 1 fully saturated rings. The number of nitrogens with zero attached hydrogens (tertiary/aromatic N) is 1. The van der Waals surface area contributed by atoms with Gasteiger partial charge in [-0.1, -0.05) is 43.3 Å². The molecule has 2 aromatic rings. The highest BCUT2D eigenvalue weighted by atomic mass is 16.3. The first kappa shape index (κ1) is 19.9. The highest BCUT2D eigenvalue weighted by molar-refractivity contribution is 5.41. The zero-order chi connectivity index (χ0) is 19.4. The van der Waals surface area contributed by atoms with Crippen molar-refractivity contribution in [3.8, 4) is 5.75 Å². The number of phenols is 1. The van der Waals surface area contributed by atoms with Gasteiger partial charge in [0.2, 0.25) is 0 Å². The van der Waals surface area contributed by atoms with Crippen LogP contribution in [0.15, 0.2) is 48.5 Å². The van der Waals surface area contributed by atoms with Gasteiger partial charge in [0.1, 0.15) is 5.75 Å². The van der Waals surface area contributed by atoms with Gasteiger partial charge in [-0.3, -0.25) is 0 Å². The van der Waals surface area contributed by atoms with Crippen LogP contribution in [-0.2, 0) is 11.8 Å². The van der Waals surface area contributed by atoms with Crippen LogP contribution in [0.2, 0.25) is 0 Å². The first-order chi connectivity index (χ1) is 12.9. The lowest BCUT2D eigenvalue weighted by Gasteiger charge is -2.50. The number of piperidine rings is 1. The highest BCUT2D eigenvalue weighted by Gasteiger charge is 2.44. The second-order valence-electron chi connectivity index (χ2n) is 8.41. The Labute approximate surface area is 164 Å². The standard InChI is InChI=1S/C24H34N2O/c1-18-12-13-21(27)17-22(18)24(3)14-16-26(4)19(2)23(24)25-15-8-11-20-9-6-5-7-10-20/h5-7,9-10,12-13,17,19,23,25,27H,8,11,14-16H2,1-4H3/t19-,23-,24?/m1/s1. The minimum absolute atomic E-state index is 0.0154. The van der Waals surface area contributed by atoms with Crippen LogP contribution in [0.5, 0.6) is 5.75 Å². The van der Waals surface area contributed by atoms with Gasteiger partial charge in [0.05, 0.1) is 0 Å². The van der Waals surface area contributed by atoms with E-state index < -0.39 is 0 Å². The fraction of sp³-hybridized carbons (Fsp3) is 0.500. The van der Waals surface area contributed by atoms with Crippen LogP contribution in [0.1, 0.15) is 43.4 Å². The molecule has 0 aromatic heterocycles. The molecule has 2 aromatic carbocycles. The summed E-state index contributed by atoms with van der Waals surface area (Å²) >= 11 is 0. The minimum atomic E-state index is 0.0154. The molecule has 27 heavy (non-hydrogen) atoms. The summed E-state index contributed by atoms with van der Waals surface area (Å²) < 4.78 is 0. The maximum Gasteiger partial charge on any atom is 0.115 e. The van der Waals surface area contributed by atoms with E-state index >= 15 is 0 Å². The number of aryl methyl sites for hydroxylation is 2. The van der Waals surface area contributed by atoms with Crippen LogP contribution in [0, 0.1) is 6.92 Å². The molecule has 2 N–H and O–H groups in total. The zero-order valence-corrected chi connectivity index (χ0v) is 17.2. The molecule has 3 nitrogen and oxygen atoms in total. The Morgan fingerprint density at radius 3 is 2.67 bits per heavy atom. The first-order valence-corrected chi connectivity index (χ1v) is 10.2. The van der Waals surface area contributed by atoms with Crippen molar-refractivity contribution in [2.24, 2.45) is 0 Å². The van der Waals surface area contributed by atoms with Crippen LogP contribution >= 0.6 is 0 Å². The lowest BCUT2D eigenvalue weighted by molar-refractivity contribution is 0.0884. The second-order valence-corrected chi connectivity index (χ2v) is 8.41. The van der Waals surface area contributed by atoms with Crippen molar-refractivity contribution in [2.45, 2.75) is 57.5 Å². The van der Waals surface area contributed by atoms with Gasteiger partial charge < -0.3 is 15.3 Å². The monoisotopic (exact) mass is 366 g/mol. The summed E-state index contributed by atoms with van der Waals surface area (Å²) in [5.74, 6) is 0.367. The molecule has 3 atom stereocenters. The van der Waals surface area contributed by atoms with Gasteiger partial charge in [-0.05, 0) is 82.1 Å². The number of nitrogens with one attached hydrogen (secondary N) is 1. The molecule has 146 valence electrons. The predicted octanol–water partition coefficient (Wildman–Crippen LogP) is 4.27. The number of rotatable bonds is 6. The summed E-state index contributed by atoms with van der Waals surface area (Å²) in [5, 5.41) is 14.0. The molecule has 3 rings (SSSR count). The molecule has 1 aliphatic rings. The summed E-state index contributed by atoms with van der Waals surface area (Å²) in [7, 11) is 2.22. The highest BCUT2D eigenvalue weighted by Crippen LogP contribution is 2.40. The third kappa shape index (κ3) is 4.36. The Hall–Kier alpha value is -1.84. The van der Waals surface area contributed by atoms with Gasteiger partial charge in [0, 0.05) is 17.5 Å². The average molecular weight is 367 g/mol. The third-order valence-corrected chi connectivity index (χ3v) is 6.53. The summed E-state index contributed by atoms with van der Waals surface area (Å²) in [6.07, 6.45) is 3.33. The fourth-order valence-electron chi connectivity index (χ4n) is 4.67. The van der Waals surface area contributed by atoms with Crippen molar-refractivity contribution in [3.05, 3.63) is 65.2 Å². The van der Waals surface area contributed by atoms with E-state index in [0.29, 0.717) is 17.8 Å². The molecular weight excluding hydrogens is 332 g/mol. The molecule has 1 saturated heterocycles. The molecule has 0 aliphatic carbocycles. The van der Waals surface area contributed by atoms with E-state index in [9.17, 15) is 5.11 Å². The number of likely N-dealkylation sites (N-methyl/N-ethyl adjacent to an activating group) is 1. The zero-order valence-electron chi connectivity index (χ0n) is 17.2. The van der Waals surface area contributed by atoms with Crippen LogP contribution in [0.4, 0.5) is 0 Å². The van der Waals surface area contributed by atoms with Crippen LogP contribution in [0.25, 0.3) is 0 Å². The van der Waals surface area contributed by atoms with E-state index in [0.717, 1.165) is 32.4 Å². The number of phenolic OH excluding ortho intramolecular Hbond substituents is 1. The van der Waals surface area contributed by atoms with Gasteiger partial charge in [0.15, 0.2) is 0 Å². The quantitative estimate of drug-likeness (QED) is 0.749. The Morgan fingerprint density at radius 1 is 1.19 bits per heavy atom. The van der Waals surface area contributed by atoms with E-state index in [1.54, 1.807) is 6.07 Å². The van der Waals surface area contributed by atoms with Crippen molar-refractivity contribution in [3.63, 3.8) is 0 Å². The van der Waals surface area contributed by atoms with Crippen LogP contribution in [-0.4, -0.2) is 42.2 Å². The predicted molar refractivity (Wildman–Crippen MR) is 113 cm³/mol. The SMILES string of the molecule is Cc1ccc(O)cc1C1(C)CCN(C)[C@H](C)[C@H]1NCCCc1ccccc1. The van der Waals surface area contributed by atoms with Crippen molar-refractivity contribution in [1.82, 2.24) is 10.2 Å². The Balaban J connectivity index is 1.74. The van der Waals surface area contributed by atoms with E-state index in [2.05, 4.69) is 68.4 Å². The molecular formula is C24H34N2O. The van der Waals surface area contributed by atoms with Gasteiger partial charge >= 0.3 is 0 Å². The molecule has 3 heteroatoms. The lowest BCUT2D eigenvalue weighted by Crippen LogP contribution is -2.62. The van der Waals surface area contributed by atoms with Gasteiger partial charge in [-0.25, -0.2) is 0 Å². The number of hydrogen-bond donors (Lipinski definition) is 2. The minimum Gasteiger partial charge on any atom is -0.508 e. The van der Waals surface area contributed by atoms with Crippen molar-refractivity contribution < 1.29 is 5.11 Å². The first-order valence-electron chi connectivity index (χ1n) is 10.2. The molecule has 1 heterocycles. The van der Waals surface area contributed by atoms with Gasteiger partial charge in [-0.2, -0.15) is 0 Å². The van der Waals surface area contributed by atoms with Crippen molar-refractivity contribution in [1.29, 1.82) is 0 Å². The molecule has 1 unspecified atom stereocenters. The summed E-state index contributed by atoms with van der Waals surface area (Å²) in [4.78, 5) is 2.45. The van der Waals surface area contributed by atoms with Gasteiger partial charge in [-0.15, -0.1) is 0 Å². The molecule has 0 saturated carbocycles. The fourth-order valence-corrected chi connectivity index (χ4v) is 4.67. The Kier molecular flexibility index (Phi) is 6.23. The topological polar surface area (TPSA) is 35.5 Å². The molecule has 0 amide bonds. The smallest absolute Gasteiger partial charge is 0.115 e. The molecule has 0 bridgehead atoms. The van der Waals surface area contributed by atoms with Crippen LogP contribution in [0.3, 0.4) is 0 Å². The third-order valence-electron chi connectivity index (χ3n) is 6.53. The van der Waals surface area contributed by atoms with E-state index in [1.165, 1.54) is 16.7 Å². The van der Waals surface area contributed by atoms with Crippen LogP contribution < -0.4 is 5.32 Å². The maximum absolute atomic E-state index is 10.1. The number of aromatic hydroxyl groups is 1. The largest absolute Gasteiger partial charge is 0.508 e.